The second-order valence-electron chi connectivity index (χ2n) is 8.06. The van der Waals surface area contributed by atoms with Crippen LogP contribution in [0.3, 0.4) is 0 Å². The number of amides is 1. The first-order valence-electron chi connectivity index (χ1n) is 10.5. The molecule has 1 saturated heterocycles. The lowest BCUT2D eigenvalue weighted by molar-refractivity contribution is -0.120. The van der Waals surface area contributed by atoms with E-state index in [1.165, 1.54) is 4.31 Å². The van der Waals surface area contributed by atoms with Crippen molar-refractivity contribution in [3.8, 4) is 0 Å². The van der Waals surface area contributed by atoms with Crippen LogP contribution in [0.25, 0.3) is 0 Å². The zero-order chi connectivity index (χ0) is 22.2. The van der Waals surface area contributed by atoms with Gasteiger partial charge in [-0.3, -0.25) is 9.69 Å². The molecule has 2 aromatic rings. The Hall–Kier alpha value is -1.88. The Bertz CT molecular complexity index is 1040. The number of carbonyl (C=O) groups is 1. The van der Waals surface area contributed by atoms with E-state index >= 15 is 0 Å². The van der Waals surface area contributed by atoms with Crippen LogP contribution in [-0.4, -0.2) is 73.2 Å². The number of anilines is 1. The number of sulfonamides is 1. The van der Waals surface area contributed by atoms with Crippen molar-refractivity contribution in [3.63, 3.8) is 0 Å². The first kappa shape index (κ1) is 22.3. The Morgan fingerprint density at radius 1 is 1.16 bits per heavy atom. The third kappa shape index (κ3) is 4.52. The molecule has 3 heterocycles. The molecule has 10 heteroatoms. The minimum Gasteiger partial charge on any atom is -0.360 e. The molecule has 2 aliphatic heterocycles. The molecule has 0 aliphatic carbocycles. The Kier molecular flexibility index (Phi) is 6.43. The predicted molar refractivity (Wildman–Crippen MR) is 120 cm³/mol. The van der Waals surface area contributed by atoms with Crippen LogP contribution in [0.1, 0.15) is 24.8 Å². The number of hydrogen-bond acceptors (Lipinski definition) is 7. The van der Waals surface area contributed by atoms with Crippen molar-refractivity contribution in [1.82, 2.24) is 14.4 Å². The molecule has 4 rings (SSSR count). The molecule has 1 aromatic heterocycles. The highest BCUT2D eigenvalue weighted by Crippen LogP contribution is 2.37. The lowest BCUT2D eigenvalue weighted by Crippen LogP contribution is -2.51. The van der Waals surface area contributed by atoms with E-state index in [2.05, 4.69) is 18.1 Å². The number of aryl methyl sites for hydroxylation is 2. The molecule has 0 bridgehead atoms. The zero-order valence-corrected chi connectivity index (χ0v) is 19.7. The summed E-state index contributed by atoms with van der Waals surface area (Å²) in [7, 11) is -3.65. The standard InChI is InChI=1S/C21H28N4O4S2/c1-15-8-9-25(18-6-4-5-7-19(18)30-15)20(26)14-23-10-12-24(13-11-23)31(27,28)21-16(2)22-29-17(21)3/h4-7,15H,8-14H2,1-3H3/t15-/m0/s1. The number of para-hydroxylation sites is 1. The minimum atomic E-state index is -3.65. The van der Waals surface area contributed by atoms with Crippen LogP contribution in [0.5, 0.6) is 0 Å². The molecular formula is C21H28N4O4S2. The average molecular weight is 465 g/mol. The van der Waals surface area contributed by atoms with Crippen LogP contribution in [0.4, 0.5) is 5.69 Å². The first-order chi connectivity index (χ1) is 14.8. The second kappa shape index (κ2) is 8.93. The van der Waals surface area contributed by atoms with E-state index in [4.69, 9.17) is 4.52 Å². The highest BCUT2D eigenvalue weighted by atomic mass is 32.2. The number of nitrogens with zero attached hydrogens (tertiary/aromatic N) is 4. The smallest absolute Gasteiger partial charge is 0.248 e. The number of carbonyl (C=O) groups excluding carboxylic acids is 1. The Morgan fingerprint density at radius 2 is 1.87 bits per heavy atom. The van der Waals surface area contributed by atoms with Crippen LogP contribution >= 0.6 is 11.8 Å². The maximum Gasteiger partial charge on any atom is 0.248 e. The number of benzene rings is 1. The molecule has 0 N–H and O–H groups in total. The summed E-state index contributed by atoms with van der Waals surface area (Å²) in [4.78, 5) is 18.4. The van der Waals surface area contributed by atoms with Gasteiger partial charge in [-0.05, 0) is 32.4 Å². The van der Waals surface area contributed by atoms with Crippen LogP contribution in [-0.2, 0) is 14.8 Å². The van der Waals surface area contributed by atoms with E-state index in [-0.39, 0.29) is 17.3 Å². The summed E-state index contributed by atoms with van der Waals surface area (Å²) < 4.78 is 32.5. The van der Waals surface area contributed by atoms with Gasteiger partial charge < -0.3 is 9.42 Å². The Morgan fingerprint density at radius 3 is 2.55 bits per heavy atom. The number of aromatic nitrogens is 1. The van der Waals surface area contributed by atoms with Gasteiger partial charge in [-0.2, -0.15) is 4.31 Å². The van der Waals surface area contributed by atoms with E-state index in [9.17, 15) is 13.2 Å². The molecule has 31 heavy (non-hydrogen) atoms. The monoisotopic (exact) mass is 464 g/mol. The Labute approximate surface area is 187 Å². The van der Waals surface area contributed by atoms with Gasteiger partial charge in [-0.25, -0.2) is 8.42 Å². The molecule has 0 saturated carbocycles. The zero-order valence-electron chi connectivity index (χ0n) is 18.1. The summed E-state index contributed by atoms with van der Waals surface area (Å²) in [5, 5.41) is 4.23. The minimum absolute atomic E-state index is 0.0594. The number of piperazine rings is 1. The average Bonchev–Trinajstić information content (AvgIpc) is 2.98. The van der Waals surface area contributed by atoms with Gasteiger partial charge in [-0.1, -0.05) is 24.2 Å². The summed E-state index contributed by atoms with van der Waals surface area (Å²) in [5.74, 6) is 0.367. The lowest BCUT2D eigenvalue weighted by Gasteiger charge is -2.34. The van der Waals surface area contributed by atoms with Crippen molar-refractivity contribution in [2.75, 3.05) is 44.2 Å². The molecule has 1 amide bonds. The van der Waals surface area contributed by atoms with Gasteiger partial charge in [0.25, 0.3) is 0 Å². The summed E-state index contributed by atoms with van der Waals surface area (Å²) >= 11 is 1.81. The molecule has 0 unspecified atom stereocenters. The molecule has 2 aliphatic rings. The highest BCUT2D eigenvalue weighted by molar-refractivity contribution is 8.00. The van der Waals surface area contributed by atoms with Crippen LogP contribution in [0.15, 0.2) is 38.6 Å². The molecule has 1 aromatic carbocycles. The lowest BCUT2D eigenvalue weighted by atomic mass is 10.2. The molecule has 1 fully saturated rings. The van der Waals surface area contributed by atoms with E-state index in [1.54, 1.807) is 13.8 Å². The van der Waals surface area contributed by atoms with E-state index in [0.717, 1.165) is 17.0 Å². The third-order valence-electron chi connectivity index (χ3n) is 5.80. The van der Waals surface area contributed by atoms with Crippen molar-refractivity contribution in [1.29, 1.82) is 0 Å². The van der Waals surface area contributed by atoms with Gasteiger partial charge >= 0.3 is 0 Å². The fraction of sp³-hybridized carbons (Fsp3) is 0.524. The maximum atomic E-state index is 13.2. The molecule has 168 valence electrons. The summed E-state index contributed by atoms with van der Waals surface area (Å²) in [6.45, 7) is 8.11. The van der Waals surface area contributed by atoms with Crippen molar-refractivity contribution in [2.45, 2.75) is 42.2 Å². The third-order valence-corrected chi connectivity index (χ3v) is 9.18. The van der Waals surface area contributed by atoms with Gasteiger partial charge in [0.1, 0.15) is 10.6 Å². The van der Waals surface area contributed by atoms with Crippen LogP contribution < -0.4 is 4.90 Å². The van der Waals surface area contributed by atoms with Gasteiger partial charge in [0.15, 0.2) is 5.76 Å². The summed E-state index contributed by atoms with van der Waals surface area (Å²) in [6.07, 6.45) is 0.939. The number of rotatable bonds is 4. The van der Waals surface area contributed by atoms with E-state index in [0.29, 0.717) is 49.4 Å². The quantitative estimate of drug-likeness (QED) is 0.687. The SMILES string of the molecule is Cc1noc(C)c1S(=O)(=O)N1CCN(CC(=O)N2CC[C@H](C)Sc3ccccc32)CC1. The summed E-state index contributed by atoms with van der Waals surface area (Å²) in [5.41, 5.74) is 1.35. The fourth-order valence-electron chi connectivity index (χ4n) is 4.12. The van der Waals surface area contributed by atoms with Crippen molar-refractivity contribution in [2.24, 2.45) is 0 Å². The second-order valence-corrected chi connectivity index (χ2v) is 11.4. The first-order valence-corrected chi connectivity index (χ1v) is 12.8. The molecule has 1 atom stereocenters. The number of hydrogen-bond donors (Lipinski definition) is 0. The van der Waals surface area contributed by atoms with E-state index < -0.39 is 10.0 Å². The van der Waals surface area contributed by atoms with Crippen LogP contribution in [0.2, 0.25) is 0 Å². The normalized spacial score (nSPS) is 21.0. The van der Waals surface area contributed by atoms with Crippen molar-refractivity contribution >= 4 is 33.4 Å². The molecular weight excluding hydrogens is 436 g/mol. The molecule has 8 nitrogen and oxygen atoms in total. The predicted octanol–water partition coefficient (Wildman–Crippen LogP) is 2.52. The Balaban J connectivity index is 1.41. The van der Waals surface area contributed by atoms with Gasteiger partial charge in [0.2, 0.25) is 15.9 Å². The number of fused-ring (bicyclic) bond motifs is 1. The van der Waals surface area contributed by atoms with Gasteiger partial charge in [0, 0.05) is 42.9 Å². The van der Waals surface area contributed by atoms with Crippen molar-refractivity contribution < 1.29 is 17.7 Å². The maximum absolute atomic E-state index is 13.2. The largest absolute Gasteiger partial charge is 0.360 e. The van der Waals surface area contributed by atoms with Crippen LogP contribution in [0, 0.1) is 13.8 Å². The highest BCUT2D eigenvalue weighted by Gasteiger charge is 2.34. The van der Waals surface area contributed by atoms with Gasteiger partial charge in [-0.15, -0.1) is 11.8 Å². The van der Waals surface area contributed by atoms with Crippen molar-refractivity contribution in [3.05, 3.63) is 35.7 Å². The summed E-state index contributed by atoms with van der Waals surface area (Å²) in [6, 6.07) is 8.05. The van der Waals surface area contributed by atoms with E-state index in [1.807, 2.05) is 39.8 Å². The topological polar surface area (TPSA) is 87.0 Å². The fourth-order valence-corrected chi connectivity index (χ4v) is 6.95. The number of thioether (sulfide) groups is 1. The molecule has 0 radical (unpaired) electrons. The molecule has 0 spiro atoms. The van der Waals surface area contributed by atoms with Gasteiger partial charge in [0.05, 0.1) is 12.2 Å².